The predicted octanol–water partition coefficient (Wildman–Crippen LogP) is 1.86. The van der Waals surface area contributed by atoms with Gasteiger partial charge in [0.1, 0.15) is 0 Å². The van der Waals surface area contributed by atoms with Crippen LogP contribution in [0.1, 0.15) is 47.0 Å². The van der Waals surface area contributed by atoms with E-state index in [0.29, 0.717) is 5.92 Å². The van der Waals surface area contributed by atoms with Crippen LogP contribution in [0, 0.1) is 5.92 Å². The van der Waals surface area contributed by atoms with Gasteiger partial charge in [0.15, 0.2) is 0 Å². The number of carboxylic acid groups (broad SMARTS) is 1. The van der Waals surface area contributed by atoms with E-state index in [9.17, 15) is 9.00 Å². The average Bonchev–Trinajstić information content (AvgIpc) is 2.10. The van der Waals surface area contributed by atoms with Crippen molar-refractivity contribution in [2.45, 2.75) is 63.8 Å². The van der Waals surface area contributed by atoms with Crippen LogP contribution in [0.2, 0.25) is 0 Å². The maximum Gasteiger partial charge on any atom is 0.404 e. The number of rotatable bonds is 5. The highest BCUT2D eigenvalue weighted by atomic mass is 32.2. The van der Waals surface area contributed by atoms with Gasteiger partial charge in [-0.1, -0.05) is 6.42 Å². The summed E-state index contributed by atoms with van der Waals surface area (Å²) < 4.78 is 14.9. The summed E-state index contributed by atoms with van der Waals surface area (Å²) in [6.45, 7) is 7.54. The smallest absolute Gasteiger partial charge is 0.404 e. The maximum atomic E-state index is 12.1. The number of carbonyl (C=O) groups is 1. The van der Waals surface area contributed by atoms with Gasteiger partial charge in [0, 0.05) is 12.1 Å². The zero-order valence-corrected chi connectivity index (χ0v) is 12.3. The van der Waals surface area contributed by atoms with Gasteiger partial charge in [0.2, 0.25) is 0 Å². The minimum atomic E-state index is -1.17. The lowest BCUT2D eigenvalue weighted by molar-refractivity contribution is 0.174. The van der Waals surface area contributed by atoms with Gasteiger partial charge in [-0.2, -0.15) is 0 Å². The minimum absolute atomic E-state index is 0.0603. The molecule has 3 atom stereocenters. The molecule has 18 heavy (non-hydrogen) atoms. The number of hydrogen-bond donors (Lipinski definition) is 3. The van der Waals surface area contributed by atoms with Crippen molar-refractivity contribution < 1.29 is 14.1 Å². The molecule has 2 unspecified atom stereocenters. The third-order valence-electron chi connectivity index (χ3n) is 3.35. The summed E-state index contributed by atoms with van der Waals surface area (Å²) in [6, 6.07) is -0.297. The molecule has 0 aliphatic heterocycles. The van der Waals surface area contributed by atoms with Gasteiger partial charge in [-0.25, -0.2) is 13.7 Å². The topological polar surface area (TPSA) is 78.4 Å². The zero-order chi connectivity index (χ0) is 13.9. The summed E-state index contributed by atoms with van der Waals surface area (Å²) >= 11 is 0. The van der Waals surface area contributed by atoms with E-state index in [-0.39, 0.29) is 16.8 Å². The monoisotopic (exact) mass is 276 g/mol. The number of hydrogen-bond acceptors (Lipinski definition) is 2. The third-order valence-corrected chi connectivity index (χ3v) is 4.95. The summed E-state index contributed by atoms with van der Waals surface area (Å²) in [5.74, 6) is 0.415. The van der Waals surface area contributed by atoms with Crippen LogP contribution in [-0.2, 0) is 11.0 Å². The fourth-order valence-electron chi connectivity index (χ4n) is 1.99. The molecule has 0 radical (unpaired) electrons. The quantitative estimate of drug-likeness (QED) is 0.717. The van der Waals surface area contributed by atoms with Crippen LogP contribution in [0.25, 0.3) is 0 Å². The SMILES string of the molecule is C[C@H](NC(=O)O)C(NS(=O)C(C)(C)C)C1CCC1. The van der Waals surface area contributed by atoms with Gasteiger partial charge in [-0.3, -0.25) is 0 Å². The van der Waals surface area contributed by atoms with Crippen LogP contribution in [0.4, 0.5) is 4.79 Å². The van der Waals surface area contributed by atoms with Crippen molar-refractivity contribution in [2.75, 3.05) is 0 Å². The normalized spacial score (nSPS) is 21.8. The Morgan fingerprint density at radius 3 is 2.28 bits per heavy atom. The largest absolute Gasteiger partial charge is 0.465 e. The molecule has 0 aromatic rings. The van der Waals surface area contributed by atoms with Crippen LogP contribution in [0.5, 0.6) is 0 Å². The summed E-state index contributed by atoms with van der Waals surface area (Å²) in [4.78, 5) is 10.7. The second-order valence-electron chi connectivity index (χ2n) is 5.95. The molecule has 0 saturated heterocycles. The van der Waals surface area contributed by atoms with E-state index < -0.39 is 17.1 Å². The molecule has 5 nitrogen and oxygen atoms in total. The van der Waals surface area contributed by atoms with Crippen molar-refractivity contribution in [1.82, 2.24) is 10.0 Å². The van der Waals surface area contributed by atoms with E-state index in [1.54, 1.807) is 0 Å². The lowest BCUT2D eigenvalue weighted by Crippen LogP contribution is -2.55. The maximum absolute atomic E-state index is 12.1. The van der Waals surface area contributed by atoms with E-state index >= 15 is 0 Å². The summed E-state index contributed by atoms with van der Waals surface area (Å²) in [5.41, 5.74) is 0. The Kier molecular flexibility index (Phi) is 5.16. The van der Waals surface area contributed by atoms with Crippen molar-refractivity contribution in [3.8, 4) is 0 Å². The molecule has 0 bridgehead atoms. The molecule has 1 amide bonds. The molecular formula is C12H24N2O3S. The zero-order valence-electron chi connectivity index (χ0n) is 11.5. The third kappa shape index (κ3) is 4.24. The molecule has 1 aliphatic carbocycles. The van der Waals surface area contributed by atoms with Gasteiger partial charge in [-0.05, 0) is 46.5 Å². The van der Waals surface area contributed by atoms with Crippen molar-refractivity contribution in [1.29, 1.82) is 0 Å². The van der Waals surface area contributed by atoms with Gasteiger partial charge >= 0.3 is 6.09 Å². The van der Waals surface area contributed by atoms with E-state index in [0.717, 1.165) is 12.8 Å². The van der Waals surface area contributed by atoms with E-state index in [4.69, 9.17) is 5.11 Å². The lowest BCUT2D eigenvalue weighted by Gasteiger charge is -2.38. The van der Waals surface area contributed by atoms with Crippen LogP contribution in [-0.4, -0.2) is 32.2 Å². The molecule has 1 rings (SSSR count). The molecule has 3 N–H and O–H groups in total. The van der Waals surface area contributed by atoms with Crippen LogP contribution < -0.4 is 10.0 Å². The fourth-order valence-corrected chi connectivity index (χ4v) is 2.99. The Labute approximate surface area is 111 Å². The first-order valence-corrected chi connectivity index (χ1v) is 7.54. The predicted molar refractivity (Wildman–Crippen MR) is 72.8 cm³/mol. The highest BCUT2D eigenvalue weighted by molar-refractivity contribution is 7.84. The summed E-state index contributed by atoms with van der Waals surface area (Å²) in [6.07, 6.45) is 2.29. The molecule has 0 spiro atoms. The van der Waals surface area contributed by atoms with Crippen LogP contribution >= 0.6 is 0 Å². The Morgan fingerprint density at radius 1 is 1.39 bits per heavy atom. The first-order chi connectivity index (χ1) is 8.21. The van der Waals surface area contributed by atoms with Crippen molar-refractivity contribution in [3.05, 3.63) is 0 Å². The second-order valence-corrected chi connectivity index (χ2v) is 7.95. The fraction of sp³-hybridized carbons (Fsp3) is 0.917. The molecule has 0 heterocycles. The van der Waals surface area contributed by atoms with Gasteiger partial charge < -0.3 is 10.4 Å². The molecule has 1 fully saturated rings. The Bertz CT molecular complexity index is 324. The van der Waals surface area contributed by atoms with Gasteiger partial charge in [0.25, 0.3) is 0 Å². The second kappa shape index (κ2) is 6.02. The van der Waals surface area contributed by atoms with Crippen LogP contribution in [0.15, 0.2) is 0 Å². The van der Waals surface area contributed by atoms with E-state index in [2.05, 4.69) is 10.0 Å². The Morgan fingerprint density at radius 2 is 1.94 bits per heavy atom. The molecule has 6 heteroatoms. The number of amides is 1. The van der Waals surface area contributed by atoms with Crippen molar-refractivity contribution >= 4 is 17.1 Å². The first kappa shape index (κ1) is 15.4. The molecule has 0 aromatic heterocycles. The molecule has 0 aromatic carbocycles. The molecular weight excluding hydrogens is 252 g/mol. The standard InChI is InChI=1S/C12H24N2O3S/c1-8(13-11(15)16)10(9-6-5-7-9)14-18(17)12(2,3)4/h8-10,13-14H,5-7H2,1-4H3,(H,15,16)/t8-,10?,18?/m0/s1. The highest BCUT2D eigenvalue weighted by Gasteiger charge is 2.35. The van der Waals surface area contributed by atoms with Crippen LogP contribution in [0.3, 0.4) is 0 Å². The molecule has 1 saturated carbocycles. The summed E-state index contributed by atoms with van der Waals surface area (Å²) in [5, 5.41) is 11.3. The first-order valence-electron chi connectivity index (χ1n) is 6.39. The van der Waals surface area contributed by atoms with E-state index in [1.165, 1.54) is 6.42 Å². The number of nitrogens with one attached hydrogen (secondary N) is 2. The van der Waals surface area contributed by atoms with Gasteiger partial charge in [0.05, 0.1) is 15.7 Å². The van der Waals surface area contributed by atoms with Gasteiger partial charge in [-0.15, -0.1) is 0 Å². The Balaban J connectivity index is 2.66. The lowest BCUT2D eigenvalue weighted by atomic mass is 9.78. The van der Waals surface area contributed by atoms with E-state index in [1.807, 2.05) is 27.7 Å². The minimum Gasteiger partial charge on any atom is -0.465 e. The summed E-state index contributed by atoms with van der Waals surface area (Å²) in [7, 11) is -1.17. The molecule has 106 valence electrons. The van der Waals surface area contributed by atoms with Crippen molar-refractivity contribution in [3.63, 3.8) is 0 Å². The molecule has 1 aliphatic rings. The Hall–Kier alpha value is -0.620. The highest BCUT2D eigenvalue weighted by Crippen LogP contribution is 2.31. The average molecular weight is 276 g/mol. The van der Waals surface area contributed by atoms with Crippen molar-refractivity contribution in [2.24, 2.45) is 5.92 Å².